The van der Waals surface area contributed by atoms with Crippen LogP contribution >= 0.6 is 0 Å². The lowest BCUT2D eigenvalue weighted by Crippen LogP contribution is -2.17. The highest BCUT2D eigenvalue weighted by Gasteiger charge is 2.30. The summed E-state index contributed by atoms with van der Waals surface area (Å²) >= 11 is 0. The summed E-state index contributed by atoms with van der Waals surface area (Å²) in [7, 11) is 0. The molecule has 544 valence electrons. The number of benzene rings is 16. The lowest BCUT2D eigenvalue weighted by atomic mass is 9.80. The zero-order valence-electron chi connectivity index (χ0n) is 65.6. The normalized spacial score (nSPS) is 12.6. The molecule has 4 aromatic heterocycles. The van der Waals surface area contributed by atoms with Crippen LogP contribution in [0.15, 0.2) is 324 Å². The van der Waals surface area contributed by atoms with Gasteiger partial charge in [-0.05, 0) is 232 Å². The smallest absolute Gasteiger partial charge is 0.137 e. The molecule has 0 fully saturated rings. The van der Waals surface area contributed by atoms with E-state index in [9.17, 15) is 0 Å². The molecule has 0 spiro atoms. The first-order valence-electron chi connectivity index (χ1n) is 39.4. The van der Waals surface area contributed by atoms with Crippen molar-refractivity contribution in [2.45, 2.75) is 105 Å². The van der Waals surface area contributed by atoms with Gasteiger partial charge >= 0.3 is 0 Å². The summed E-state index contributed by atoms with van der Waals surface area (Å²) in [6.07, 6.45) is 0. The zero-order valence-corrected chi connectivity index (χ0v) is 65.6. The van der Waals surface area contributed by atoms with Crippen LogP contribution in [0.3, 0.4) is 0 Å². The SMILES string of the molecule is CC(C)(C)c1cc(-n2c3ccccc3c3c(N(c4ccc(-c5cccc6ccccc56)cc4)c4ccc5c(c4)oc4ccc6c(ccc7oc8cc(N(c9ccc(-c%10cccc%11ccccc%10%11)cc9)c9cccc%10c9c9ccccc9n%10-c9cc(C(C)(C)C)cc(C(C)(C)C)c9)ccc8c76)c45)cccc32)cc(C(C)(C)C)c1. The number of hydrogen-bond donors (Lipinski definition) is 0. The van der Waals surface area contributed by atoms with Crippen LogP contribution in [0.4, 0.5) is 34.1 Å². The predicted octanol–water partition coefficient (Wildman–Crippen LogP) is 30.6. The maximum absolute atomic E-state index is 7.16. The van der Waals surface area contributed by atoms with Crippen molar-refractivity contribution in [2.24, 2.45) is 0 Å². The van der Waals surface area contributed by atoms with Gasteiger partial charge < -0.3 is 27.8 Å². The Hall–Kier alpha value is -12.9. The summed E-state index contributed by atoms with van der Waals surface area (Å²) in [5.41, 5.74) is 26.1. The molecule has 4 heterocycles. The molecule has 0 N–H and O–H groups in total. The average Bonchev–Trinajstić information content (AvgIpc) is 1.57. The Labute approximate surface area is 653 Å². The van der Waals surface area contributed by atoms with Crippen LogP contribution in [0, 0.1) is 0 Å². The molecule has 0 aliphatic carbocycles. The standard InChI is InChI=1S/C106H88N4O2/c1-103(2,3)69-57-70(104(4,5)6)60-77(59-69)109-89-35-19-17-31-85(89)101-91(37-23-39-93(101)109)107(73-45-41-67(42-46-73)81-33-21-27-65-25-13-15-29-79(65)81)75-49-51-87-97(63-75)111-95-55-53-84-83(99(87)95)54-56-96-100(84)88-52-50-76(64-98(88)112-96)108(74-47-43-68(44-48-74)82-34-22-28-66-26-14-16-30-80(66)82)92-38-24-40-94-102(92)86-32-18-20-36-90(86)110(94)78-61-71(105(7,8)9)58-72(62-78)106(10,11)12/h13-64H,1-12H3. The molecule has 0 saturated heterocycles. The number of hydrogen-bond acceptors (Lipinski definition) is 4. The number of anilines is 6. The monoisotopic (exact) mass is 1450 g/mol. The third-order valence-corrected chi connectivity index (χ3v) is 23.7. The van der Waals surface area contributed by atoms with E-state index in [1.54, 1.807) is 0 Å². The largest absolute Gasteiger partial charge is 0.456 e. The fourth-order valence-electron chi connectivity index (χ4n) is 17.7. The second-order valence-corrected chi connectivity index (χ2v) is 34.9. The van der Waals surface area contributed by atoms with E-state index < -0.39 is 0 Å². The molecular weight excluding hydrogens is 1360 g/mol. The van der Waals surface area contributed by atoms with Crippen molar-refractivity contribution in [2.75, 3.05) is 9.80 Å². The Kier molecular flexibility index (Phi) is 15.5. The molecule has 0 aliphatic heterocycles. The third kappa shape index (κ3) is 11.2. The van der Waals surface area contributed by atoms with Crippen LogP contribution in [0.5, 0.6) is 0 Å². The van der Waals surface area contributed by atoms with E-state index in [0.717, 1.165) is 133 Å². The van der Waals surface area contributed by atoms with Gasteiger partial charge in [-0.1, -0.05) is 253 Å². The second kappa shape index (κ2) is 25.3. The average molecular weight is 1450 g/mol. The number of nitrogens with zero attached hydrogens (tertiary/aromatic N) is 4. The van der Waals surface area contributed by atoms with Gasteiger partial charge in [-0.2, -0.15) is 0 Å². The van der Waals surface area contributed by atoms with Crippen molar-refractivity contribution in [1.82, 2.24) is 9.13 Å². The fraction of sp³-hybridized carbons (Fsp3) is 0.151. The molecule has 0 atom stereocenters. The van der Waals surface area contributed by atoms with Gasteiger partial charge in [-0.15, -0.1) is 0 Å². The molecular formula is C106H88N4O2. The topological polar surface area (TPSA) is 42.6 Å². The van der Waals surface area contributed by atoms with E-state index >= 15 is 0 Å². The van der Waals surface area contributed by atoms with Crippen LogP contribution in [-0.4, -0.2) is 9.13 Å². The Balaban J connectivity index is 0.743. The second-order valence-electron chi connectivity index (χ2n) is 34.9. The Morgan fingerprint density at radius 2 is 0.554 bits per heavy atom. The summed E-state index contributed by atoms with van der Waals surface area (Å²) in [6.45, 7) is 27.9. The lowest BCUT2D eigenvalue weighted by molar-refractivity contribution is 0.567. The Morgan fingerprint density at radius 1 is 0.232 bits per heavy atom. The highest BCUT2D eigenvalue weighted by Crippen LogP contribution is 2.51. The quantitative estimate of drug-likeness (QED) is 0.137. The van der Waals surface area contributed by atoms with Gasteiger partial charge in [0, 0.05) is 89.3 Å². The first kappa shape index (κ1) is 68.4. The van der Waals surface area contributed by atoms with Gasteiger partial charge in [0.1, 0.15) is 22.3 Å². The molecule has 16 aromatic carbocycles. The van der Waals surface area contributed by atoms with Gasteiger partial charge in [0.25, 0.3) is 0 Å². The summed E-state index contributed by atoms with van der Waals surface area (Å²) in [5.74, 6) is 0. The number of para-hydroxylation sites is 2. The van der Waals surface area contributed by atoms with E-state index in [-0.39, 0.29) is 21.7 Å². The molecule has 0 saturated carbocycles. The molecule has 20 rings (SSSR count). The first-order valence-corrected chi connectivity index (χ1v) is 39.4. The summed E-state index contributed by atoms with van der Waals surface area (Å²) < 4.78 is 19.3. The van der Waals surface area contributed by atoms with Gasteiger partial charge in [-0.25, -0.2) is 0 Å². The molecule has 20 aromatic rings. The number of rotatable bonds is 10. The summed E-state index contributed by atoms with van der Waals surface area (Å²) in [4.78, 5) is 4.88. The van der Waals surface area contributed by atoms with Crippen LogP contribution in [0.2, 0.25) is 0 Å². The minimum atomic E-state index is -0.0675. The molecule has 6 heteroatoms. The van der Waals surface area contributed by atoms with Crippen molar-refractivity contribution < 1.29 is 8.83 Å². The molecule has 0 bridgehead atoms. The van der Waals surface area contributed by atoms with Crippen LogP contribution < -0.4 is 9.80 Å². The zero-order chi connectivity index (χ0) is 76.4. The Bertz CT molecular complexity index is 6720. The molecule has 0 aliphatic rings. The van der Waals surface area contributed by atoms with E-state index in [1.807, 2.05) is 0 Å². The van der Waals surface area contributed by atoms with E-state index in [2.05, 4.69) is 417 Å². The van der Waals surface area contributed by atoms with Crippen molar-refractivity contribution in [3.8, 4) is 33.6 Å². The minimum absolute atomic E-state index is 0.0675. The van der Waals surface area contributed by atoms with Gasteiger partial charge in [-0.3, -0.25) is 0 Å². The molecule has 0 amide bonds. The van der Waals surface area contributed by atoms with Crippen molar-refractivity contribution in [3.05, 3.63) is 338 Å². The van der Waals surface area contributed by atoms with Gasteiger partial charge in [0.05, 0.1) is 33.4 Å². The number of furan rings is 2. The number of fused-ring (bicyclic) bond motifs is 17. The maximum atomic E-state index is 7.16. The molecule has 6 nitrogen and oxygen atoms in total. The van der Waals surface area contributed by atoms with Gasteiger partial charge in [0.15, 0.2) is 0 Å². The molecule has 112 heavy (non-hydrogen) atoms. The van der Waals surface area contributed by atoms with Crippen LogP contribution in [0.25, 0.3) is 153 Å². The highest BCUT2D eigenvalue weighted by atomic mass is 16.3. The van der Waals surface area contributed by atoms with E-state index in [1.165, 1.54) is 76.5 Å². The van der Waals surface area contributed by atoms with Gasteiger partial charge in [0.2, 0.25) is 0 Å². The maximum Gasteiger partial charge on any atom is 0.137 e. The third-order valence-electron chi connectivity index (χ3n) is 23.7. The minimum Gasteiger partial charge on any atom is -0.456 e. The number of aromatic nitrogens is 2. The predicted molar refractivity (Wildman–Crippen MR) is 477 cm³/mol. The van der Waals surface area contributed by atoms with Crippen molar-refractivity contribution >= 4 is 154 Å². The first-order chi connectivity index (χ1) is 54.1. The fourth-order valence-corrected chi connectivity index (χ4v) is 17.7. The van der Waals surface area contributed by atoms with Crippen LogP contribution in [0.1, 0.15) is 105 Å². The summed E-state index contributed by atoms with van der Waals surface area (Å²) in [5, 5.41) is 16.0. The Morgan fingerprint density at radius 3 is 0.938 bits per heavy atom. The van der Waals surface area contributed by atoms with Crippen molar-refractivity contribution in [1.29, 1.82) is 0 Å². The van der Waals surface area contributed by atoms with E-state index in [4.69, 9.17) is 8.83 Å². The lowest BCUT2D eigenvalue weighted by Gasteiger charge is -2.27. The van der Waals surface area contributed by atoms with E-state index in [0.29, 0.717) is 0 Å². The van der Waals surface area contributed by atoms with Crippen LogP contribution in [-0.2, 0) is 21.7 Å². The highest BCUT2D eigenvalue weighted by molar-refractivity contribution is 6.28. The van der Waals surface area contributed by atoms with Crippen molar-refractivity contribution in [3.63, 3.8) is 0 Å². The molecule has 0 unspecified atom stereocenters. The summed E-state index contributed by atoms with van der Waals surface area (Å²) in [6, 6.07) is 117. The molecule has 0 radical (unpaired) electrons.